The molecule has 0 aliphatic rings. The standard InChI is InChI=1S/C12H17NOS2/c1-9(8-16-3)13(2)12(14)10-5-4-6-11(15)7-10/h4-7,9,15H,8H2,1-3H3. The first-order chi connectivity index (χ1) is 7.56. The number of rotatable bonds is 4. The van der Waals surface area contributed by atoms with Crippen LogP contribution in [0.2, 0.25) is 0 Å². The zero-order valence-electron chi connectivity index (χ0n) is 9.80. The van der Waals surface area contributed by atoms with E-state index in [0.29, 0.717) is 5.56 Å². The molecule has 88 valence electrons. The first-order valence-corrected chi connectivity index (χ1v) is 6.95. The van der Waals surface area contributed by atoms with Crippen molar-refractivity contribution in [2.24, 2.45) is 0 Å². The number of thioether (sulfide) groups is 1. The minimum atomic E-state index is 0.0532. The van der Waals surface area contributed by atoms with Gasteiger partial charge in [0.15, 0.2) is 0 Å². The van der Waals surface area contributed by atoms with Crippen molar-refractivity contribution in [3.8, 4) is 0 Å². The molecular formula is C12H17NOS2. The van der Waals surface area contributed by atoms with Crippen LogP contribution in [-0.4, -0.2) is 35.9 Å². The first-order valence-electron chi connectivity index (χ1n) is 5.11. The fourth-order valence-electron chi connectivity index (χ4n) is 1.40. The molecule has 0 fully saturated rings. The number of nitrogens with zero attached hydrogens (tertiary/aromatic N) is 1. The Labute approximate surface area is 107 Å². The van der Waals surface area contributed by atoms with Crippen molar-refractivity contribution in [3.05, 3.63) is 29.8 Å². The molecule has 16 heavy (non-hydrogen) atoms. The van der Waals surface area contributed by atoms with E-state index in [4.69, 9.17) is 0 Å². The monoisotopic (exact) mass is 255 g/mol. The first kappa shape index (κ1) is 13.5. The van der Waals surface area contributed by atoms with E-state index in [0.717, 1.165) is 10.6 Å². The molecule has 0 aliphatic heterocycles. The van der Waals surface area contributed by atoms with E-state index in [9.17, 15) is 4.79 Å². The summed E-state index contributed by atoms with van der Waals surface area (Å²) >= 11 is 5.98. The molecule has 0 aliphatic carbocycles. The predicted molar refractivity (Wildman–Crippen MR) is 73.6 cm³/mol. The molecule has 1 unspecified atom stereocenters. The summed E-state index contributed by atoms with van der Waals surface area (Å²) in [5.41, 5.74) is 0.697. The summed E-state index contributed by atoms with van der Waals surface area (Å²) in [6.07, 6.45) is 2.04. The molecule has 1 rings (SSSR count). The Kier molecular flexibility index (Phi) is 5.22. The normalized spacial score (nSPS) is 12.2. The van der Waals surface area contributed by atoms with Gasteiger partial charge in [-0.1, -0.05) is 6.07 Å². The SMILES string of the molecule is CSCC(C)N(C)C(=O)c1cccc(S)c1. The lowest BCUT2D eigenvalue weighted by atomic mass is 10.2. The molecule has 0 aromatic heterocycles. The fraction of sp³-hybridized carbons (Fsp3) is 0.417. The van der Waals surface area contributed by atoms with Gasteiger partial charge in [-0.2, -0.15) is 11.8 Å². The van der Waals surface area contributed by atoms with E-state index in [-0.39, 0.29) is 11.9 Å². The minimum Gasteiger partial charge on any atom is -0.338 e. The lowest BCUT2D eigenvalue weighted by Gasteiger charge is -2.24. The summed E-state index contributed by atoms with van der Waals surface area (Å²) in [5.74, 6) is 1.00. The van der Waals surface area contributed by atoms with Crippen molar-refractivity contribution in [1.82, 2.24) is 4.90 Å². The zero-order chi connectivity index (χ0) is 12.1. The second kappa shape index (κ2) is 6.21. The van der Waals surface area contributed by atoms with Crippen LogP contribution in [0, 0.1) is 0 Å². The van der Waals surface area contributed by atoms with Gasteiger partial charge in [0.2, 0.25) is 0 Å². The van der Waals surface area contributed by atoms with Crippen LogP contribution in [0.5, 0.6) is 0 Å². The fourth-order valence-corrected chi connectivity index (χ4v) is 2.33. The van der Waals surface area contributed by atoms with Crippen LogP contribution in [0.3, 0.4) is 0 Å². The highest BCUT2D eigenvalue weighted by molar-refractivity contribution is 7.98. The third kappa shape index (κ3) is 3.46. The second-order valence-corrected chi connectivity index (χ2v) is 5.20. The van der Waals surface area contributed by atoms with E-state index in [1.165, 1.54) is 0 Å². The zero-order valence-corrected chi connectivity index (χ0v) is 11.5. The summed E-state index contributed by atoms with van der Waals surface area (Å²) in [6.45, 7) is 2.05. The average molecular weight is 255 g/mol. The summed E-state index contributed by atoms with van der Waals surface area (Å²) < 4.78 is 0. The average Bonchev–Trinajstić information content (AvgIpc) is 2.27. The predicted octanol–water partition coefficient (Wildman–Crippen LogP) is 2.80. The molecule has 0 bridgehead atoms. The molecule has 4 heteroatoms. The van der Waals surface area contributed by atoms with Gasteiger partial charge in [0.25, 0.3) is 5.91 Å². The number of amides is 1. The summed E-state index contributed by atoms with van der Waals surface area (Å²) in [6, 6.07) is 7.58. The van der Waals surface area contributed by atoms with Crippen LogP contribution < -0.4 is 0 Å². The molecule has 2 nitrogen and oxygen atoms in total. The van der Waals surface area contributed by atoms with Gasteiger partial charge in [0.05, 0.1) is 0 Å². The second-order valence-electron chi connectivity index (χ2n) is 3.77. The number of benzene rings is 1. The molecule has 0 radical (unpaired) electrons. The molecule has 0 saturated carbocycles. The Balaban J connectivity index is 2.77. The van der Waals surface area contributed by atoms with E-state index in [1.807, 2.05) is 31.5 Å². The molecule has 1 amide bonds. The molecular weight excluding hydrogens is 238 g/mol. The number of carbonyl (C=O) groups excluding carboxylic acids is 1. The molecule has 1 atom stereocenters. The third-order valence-corrected chi connectivity index (χ3v) is 3.58. The maximum absolute atomic E-state index is 12.1. The number of hydrogen-bond donors (Lipinski definition) is 1. The van der Waals surface area contributed by atoms with Gasteiger partial charge in [-0.05, 0) is 31.4 Å². The van der Waals surface area contributed by atoms with Crippen LogP contribution >= 0.6 is 24.4 Å². The lowest BCUT2D eigenvalue weighted by Crippen LogP contribution is -2.36. The molecule has 1 aromatic carbocycles. The Bertz CT molecular complexity index is 368. The molecule has 0 N–H and O–H groups in total. The maximum atomic E-state index is 12.1. The van der Waals surface area contributed by atoms with Crippen LogP contribution in [0.25, 0.3) is 0 Å². The summed E-state index contributed by atoms with van der Waals surface area (Å²) in [4.78, 5) is 14.7. The number of carbonyl (C=O) groups is 1. The van der Waals surface area contributed by atoms with Crippen LogP contribution in [0.15, 0.2) is 29.2 Å². The Hall–Kier alpha value is -0.610. The molecule has 1 aromatic rings. The van der Waals surface area contributed by atoms with Gasteiger partial charge < -0.3 is 4.90 Å². The minimum absolute atomic E-state index is 0.0532. The van der Waals surface area contributed by atoms with E-state index in [2.05, 4.69) is 19.6 Å². The van der Waals surface area contributed by atoms with Crippen LogP contribution in [0.1, 0.15) is 17.3 Å². The van der Waals surface area contributed by atoms with Crippen LogP contribution in [-0.2, 0) is 0 Å². The molecule has 0 saturated heterocycles. The summed E-state index contributed by atoms with van der Waals surface area (Å²) in [7, 11) is 1.84. The van der Waals surface area contributed by atoms with Crippen molar-refractivity contribution < 1.29 is 4.79 Å². The van der Waals surface area contributed by atoms with E-state index >= 15 is 0 Å². The van der Waals surface area contributed by atoms with Gasteiger partial charge in [-0.3, -0.25) is 4.79 Å². The third-order valence-electron chi connectivity index (χ3n) is 2.48. The van der Waals surface area contributed by atoms with Crippen molar-refractivity contribution in [3.63, 3.8) is 0 Å². The van der Waals surface area contributed by atoms with Crippen molar-refractivity contribution in [1.29, 1.82) is 0 Å². The number of thiol groups is 1. The lowest BCUT2D eigenvalue weighted by molar-refractivity contribution is 0.0757. The van der Waals surface area contributed by atoms with Gasteiger partial charge >= 0.3 is 0 Å². The Morgan fingerprint density at radius 3 is 2.81 bits per heavy atom. The number of hydrogen-bond acceptors (Lipinski definition) is 3. The van der Waals surface area contributed by atoms with Crippen molar-refractivity contribution >= 4 is 30.3 Å². The summed E-state index contributed by atoms with van der Waals surface area (Å²) in [5, 5.41) is 0. The Morgan fingerprint density at radius 1 is 1.56 bits per heavy atom. The van der Waals surface area contributed by atoms with Crippen molar-refractivity contribution in [2.45, 2.75) is 17.9 Å². The topological polar surface area (TPSA) is 20.3 Å². The highest BCUT2D eigenvalue weighted by Crippen LogP contribution is 2.13. The Morgan fingerprint density at radius 2 is 2.25 bits per heavy atom. The van der Waals surface area contributed by atoms with Gasteiger partial charge in [0, 0.05) is 29.3 Å². The van der Waals surface area contributed by atoms with Gasteiger partial charge in [0.1, 0.15) is 0 Å². The smallest absolute Gasteiger partial charge is 0.253 e. The van der Waals surface area contributed by atoms with E-state index in [1.54, 1.807) is 22.7 Å². The highest BCUT2D eigenvalue weighted by atomic mass is 32.2. The van der Waals surface area contributed by atoms with Gasteiger partial charge in [-0.25, -0.2) is 0 Å². The largest absolute Gasteiger partial charge is 0.338 e. The van der Waals surface area contributed by atoms with E-state index < -0.39 is 0 Å². The molecule has 0 spiro atoms. The molecule has 0 heterocycles. The van der Waals surface area contributed by atoms with Crippen LogP contribution in [0.4, 0.5) is 0 Å². The quantitative estimate of drug-likeness (QED) is 0.835. The maximum Gasteiger partial charge on any atom is 0.253 e. The highest BCUT2D eigenvalue weighted by Gasteiger charge is 2.16. The van der Waals surface area contributed by atoms with Crippen molar-refractivity contribution in [2.75, 3.05) is 19.1 Å². The van der Waals surface area contributed by atoms with Gasteiger partial charge in [-0.15, -0.1) is 12.6 Å².